The summed E-state index contributed by atoms with van der Waals surface area (Å²) in [7, 11) is 0. The van der Waals surface area contributed by atoms with E-state index in [1.165, 1.54) is 0 Å². The van der Waals surface area contributed by atoms with Gasteiger partial charge in [0.05, 0.1) is 6.54 Å². The third-order valence-electron chi connectivity index (χ3n) is 2.67. The van der Waals surface area contributed by atoms with Gasteiger partial charge >= 0.3 is 0 Å². The van der Waals surface area contributed by atoms with Crippen LogP contribution in [0.1, 0.15) is 27.2 Å². The van der Waals surface area contributed by atoms with Crippen molar-refractivity contribution in [2.24, 2.45) is 0 Å². The highest BCUT2D eigenvalue weighted by molar-refractivity contribution is 5.92. The minimum atomic E-state index is -0.00674. The Labute approximate surface area is 97.2 Å². The van der Waals surface area contributed by atoms with Crippen LogP contribution in [0.5, 0.6) is 0 Å². The van der Waals surface area contributed by atoms with Crippen LogP contribution in [-0.4, -0.2) is 18.0 Å². The molecule has 1 aromatic carbocycles. The van der Waals surface area contributed by atoms with Crippen LogP contribution < -0.4 is 10.6 Å². The minimum Gasteiger partial charge on any atom is -0.325 e. The lowest BCUT2D eigenvalue weighted by Crippen LogP contribution is -2.43. The fourth-order valence-corrected chi connectivity index (χ4v) is 1.17. The number of carbonyl (C=O) groups is 1. The van der Waals surface area contributed by atoms with E-state index < -0.39 is 0 Å². The summed E-state index contributed by atoms with van der Waals surface area (Å²) in [5.41, 5.74) is 0.845. The Kier molecular flexibility index (Phi) is 4.50. The standard InChI is InChI=1S/C13H20N2O/c1-4-13(2,3)14-10-12(16)15-11-8-6-5-7-9-11/h5-9,14H,4,10H2,1-3H3,(H,15,16). The first-order chi connectivity index (χ1) is 7.53. The minimum absolute atomic E-state index is 0.00674. The first kappa shape index (κ1) is 12.7. The number of anilines is 1. The molecule has 3 heteroatoms. The third-order valence-corrected chi connectivity index (χ3v) is 2.67. The van der Waals surface area contributed by atoms with Crippen molar-refractivity contribution >= 4 is 11.6 Å². The van der Waals surface area contributed by atoms with Crippen molar-refractivity contribution in [1.29, 1.82) is 0 Å². The molecular weight excluding hydrogens is 200 g/mol. The monoisotopic (exact) mass is 220 g/mol. The van der Waals surface area contributed by atoms with Gasteiger partial charge in [0.1, 0.15) is 0 Å². The lowest BCUT2D eigenvalue weighted by molar-refractivity contribution is -0.115. The summed E-state index contributed by atoms with van der Waals surface area (Å²) >= 11 is 0. The Hall–Kier alpha value is -1.35. The van der Waals surface area contributed by atoms with Crippen molar-refractivity contribution in [2.75, 3.05) is 11.9 Å². The first-order valence-corrected chi connectivity index (χ1v) is 5.63. The van der Waals surface area contributed by atoms with Crippen LogP contribution in [-0.2, 0) is 4.79 Å². The number of carbonyl (C=O) groups excluding carboxylic acids is 1. The topological polar surface area (TPSA) is 41.1 Å². The van der Waals surface area contributed by atoms with Crippen LogP contribution >= 0.6 is 0 Å². The average molecular weight is 220 g/mol. The summed E-state index contributed by atoms with van der Waals surface area (Å²) in [6, 6.07) is 9.48. The normalized spacial score (nSPS) is 11.2. The van der Waals surface area contributed by atoms with E-state index in [1.54, 1.807) is 0 Å². The fourth-order valence-electron chi connectivity index (χ4n) is 1.17. The largest absolute Gasteiger partial charge is 0.325 e. The van der Waals surface area contributed by atoms with E-state index in [9.17, 15) is 4.79 Å². The molecule has 0 atom stereocenters. The second kappa shape index (κ2) is 5.66. The number of amides is 1. The van der Waals surface area contributed by atoms with Crippen molar-refractivity contribution in [3.8, 4) is 0 Å². The van der Waals surface area contributed by atoms with Gasteiger partial charge in [0.25, 0.3) is 0 Å². The van der Waals surface area contributed by atoms with E-state index in [4.69, 9.17) is 0 Å². The van der Waals surface area contributed by atoms with E-state index in [-0.39, 0.29) is 11.4 Å². The molecule has 0 spiro atoms. The highest BCUT2D eigenvalue weighted by atomic mass is 16.1. The smallest absolute Gasteiger partial charge is 0.238 e. The van der Waals surface area contributed by atoms with Gasteiger partial charge in [0.2, 0.25) is 5.91 Å². The van der Waals surface area contributed by atoms with Gasteiger partial charge in [-0.15, -0.1) is 0 Å². The Balaban J connectivity index is 2.38. The molecule has 1 aromatic rings. The van der Waals surface area contributed by atoms with Crippen molar-refractivity contribution in [2.45, 2.75) is 32.7 Å². The maximum atomic E-state index is 11.6. The van der Waals surface area contributed by atoms with Gasteiger partial charge in [-0.05, 0) is 32.4 Å². The molecule has 0 saturated heterocycles. The molecular formula is C13H20N2O. The molecule has 0 bridgehead atoms. The Morgan fingerprint density at radius 3 is 2.44 bits per heavy atom. The number of hydrogen-bond acceptors (Lipinski definition) is 2. The average Bonchev–Trinajstić information content (AvgIpc) is 2.28. The zero-order valence-corrected chi connectivity index (χ0v) is 10.2. The van der Waals surface area contributed by atoms with Crippen LogP contribution in [0.4, 0.5) is 5.69 Å². The van der Waals surface area contributed by atoms with Crippen molar-refractivity contribution < 1.29 is 4.79 Å². The second-order valence-corrected chi connectivity index (χ2v) is 4.51. The molecule has 0 unspecified atom stereocenters. The fraction of sp³-hybridized carbons (Fsp3) is 0.462. The van der Waals surface area contributed by atoms with Gasteiger partial charge in [0.15, 0.2) is 0 Å². The molecule has 0 radical (unpaired) electrons. The SMILES string of the molecule is CCC(C)(C)NCC(=O)Nc1ccccc1. The van der Waals surface area contributed by atoms with Gasteiger partial charge < -0.3 is 10.6 Å². The molecule has 0 aromatic heterocycles. The van der Waals surface area contributed by atoms with Crippen LogP contribution in [0, 0.1) is 0 Å². The van der Waals surface area contributed by atoms with Crippen LogP contribution in [0.15, 0.2) is 30.3 Å². The van der Waals surface area contributed by atoms with Crippen molar-refractivity contribution in [1.82, 2.24) is 5.32 Å². The molecule has 0 saturated carbocycles. The maximum absolute atomic E-state index is 11.6. The lowest BCUT2D eigenvalue weighted by atomic mass is 10.0. The first-order valence-electron chi connectivity index (χ1n) is 5.63. The molecule has 16 heavy (non-hydrogen) atoms. The third kappa shape index (κ3) is 4.45. The molecule has 1 amide bonds. The van der Waals surface area contributed by atoms with Crippen LogP contribution in [0.3, 0.4) is 0 Å². The maximum Gasteiger partial charge on any atom is 0.238 e. The molecule has 0 aliphatic heterocycles. The number of benzene rings is 1. The second-order valence-electron chi connectivity index (χ2n) is 4.51. The summed E-state index contributed by atoms with van der Waals surface area (Å²) in [6.07, 6.45) is 0.992. The molecule has 3 nitrogen and oxygen atoms in total. The van der Waals surface area contributed by atoms with Crippen LogP contribution in [0.2, 0.25) is 0 Å². The summed E-state index contributed by atoms with van der Waals surface area (Å²) in [4.78, 5) is 11.6. The molecule has 0 aliphatic carbocycles. The Bertz CT molecular complexity index is 333. The number of rotatable bonds is 5. The van der Waals surface area contributed by atoms with E-state index in [2.05, 4.69) is 31.4 Å². The summed E-state index contributed by atoms with van der Waals surface area (Å²) < 4.78 is 0. The van der Waals surface area contributed by atoms with Crippen molar-refractivity contribution in [3.05, 3.63) is 30.3 Å². The van der Waals surface area contributed by atoms with Gasteiger partial charge in [0, 0.05) is 11.2 Å². The van der Waals surface area contributed by atoms with E-state index >= 15 is 0 Å². The van der Waals surface area contributed by atoms with Crippen LogP contribution in [0.25, 0.3) is 0 Å². The molecule has 0 aliphatic rings. The molecule has 0 fully saturated rings. The van der Waals surface area contributed by atoms with Gasteiger partial charge in [-0.3, -0.25) is 4.79 Å². The predicted octanol–water partition coefficient (Wildman–Crippen LogP) is 2.40. The van der Waals surface area contributed by atoms with E-state index in [1.807, 2.05) is 30.3 Å². The summed E-state index contributed by atoms with van der Waals surface area (Å²) in [5, 5.41) is 6.05. The Morgan fingerprint density at radius 1 is 1.25 bits per heavy atom. The summed E-state index contributed by atoms with van der Waals surface area (Å²) in [6.45, 7) is 6.61. The number of hydrogen-bond donors (Lipinski definition) is 2. The predicted molar refractivity (Wildman–Crippen MR) is 67.4 cm³/mol. The molecule has 88 valence electrons. The zero-order chi connectivity index (χ0) is 12.0. The molecule has 1 rings (SSSR count). The molecule has 0 heterocycles. The highest BCUT2D eigenvalue weighted by Gasteiger charge is 2.15. The number of nitrogens with one attached hydrogen (secondary N) is 2. The molecule has 2 N–H and O–H groups in total. The number of para-hydroxylation sites is 1. The van der Waals surface area contributed by atoms with Gasteiger partial charge in [-0.2, -0.15) is 0 Å². The van der Waals surface area contributed by atoms with E-state index in [0.717, 1.165) is 12.1 Å². The Morgan fingerprint density at radius 2 is 1.88 bits per heavy atom. The quantitative estimate of drug-likeness (QED) is 0.800. The zero-order valence-electron chi connectivity index (χ0n) is 10.2. The summed E-state index contributed by atoms with van der Waals surface area (Å²) in [5.74, 6) is -0.00674. The van der Waals surface area contributed by atoms with Gasteiger partial charge in [-0.1, -0.05) is 25.1 Å². The van der Waals surface area contributed by atoms with Gasteiger partial charge in [-0.25, -0.2) is 0 Å². The van der Waals surface area contributed by atoms with Crippen molar-refractivity contribution in [3.63, 3.8) is 0 Å². The lowest BCUT2D eigenvalue weighted by Gasteiger charge is -2.24. The highest BCUT2D eigenvalue weighted by Crippen LogP contribution is 2.07. The van der Waals surface area contributed by atoms with E-state index in [0.29, 0.717) is 6.54 Å².